The molecule has 1 atom stereocenters. The Hall–Kier alpha value is -1.79. The van der Waals surface area contributed by atoms with Gasteiger partial charge in [0.2, 0.25) is 5.91 Å². The molecule has 2 heterocycles. The van der Waals surface area contributed by atoms with Gasteiger partial charge in [0.05, 0.1) is 12.3 Å². The molecule has 0 radical (unpaired) electrons. The molecule has 0 spiro atoms. The minimum atomic E-state index is -0.601. The summed E-state index contributed by atoms with van der Waals surface area (Å²) in [6, 6.07) is 4.05. The van der Waals surface area contributed by atoms with Crippen molar-refractivity contribution in [2.45, 2.75) is 51.5 Å². The zero-order valence-corrected chi connectivity index (χ0v) is 17.0. The number of rotatable bonds is 6. The van der Waals surface area contributed by atoms with Gasteiger partial charge in [0.25, 0.3) is 0 Å². The summed E-state index contributed by atoms with van der Waals surface area (Å²) in [5.74, 6) is 1.31. The molecule has 7 heteroatoms. The van der Waals surface area contributed by atoms with E-state index in [1.165, 1.54) is 11.3 Å². The van der Waals surface area contributed by atoms with Crippen molar-refractivity contribution in [1.29, 1.82) is 0 Å². The molecule has 0 aliphatic carbocycles. The third kappa shape index (κ3) is 4.13. The number of aromatic nitrogens is 1. The minimum absolute atomic E-state index is 0.247. The first-order chi connectivity index (χ1) is 12.3. The highest BCUT2D eigenvalue weighted by Crippen LogP contribution is 2.45. The molecule has 3 rings (SSSR count). The first kappa shape index (κ1) is 19.0. The molecule has 0 saturated heterocycles. The zero-order valence-electron chi connectivity index (χ0n) is 15.4. The van der Waals surface area contributed by atoms with Crippen molar-refractivity contribution in [3.8, 4) is 22.8 Å². The Bertz CT molecular complexity index is 817. The van der Waals surface area contributed by atoms with Gasteiger partial charge in [-0.1, -0.05) is 6.92 Å². The van der Waals surface area contributed by atoms with Gasteiger partial charge < -0.3 is 14.8 Å². The molecule has 0 fully saturated rings. The molecule has 2 aromatic rings. The number of benzene rings is 1. The SMILES string of the molecule is CCCOc1cc(-c2csc(NC(=O)C(C)Cl)n2)cc2c1OC(C)(C)C2. The average Bonchev–Trinajstić information content (AvgIpc) is 3.14. The molecule has 1 unspecified atom stereocenters. The largest absolute Gasteiger partial charge is 0.490 e. The van der Waals surface area contributed by atoms with E-state index >= 15 is 0 Å². The maximum Gasteiger partial charge on any atom is 0.243 e. The first-order valence-corrected chi connectivity index (χ1v) is 10.0. The number of fused-ring (bicyclic) bond motifs is 1. The van der Waals surface area contributed by atoms with Gasteiger partial charge in [-0.2, -0.15) is 0 Å². The third-order valence-corrected chi connectivity index (χ3v) is 4.94. The Labute approximate surface area is 162 Å². The molecule has 1 aromatic heterocycles. The third-order valence-electron chi connectivity index (χ3n) is 3.98. The Balaban J connectivity index is 1.91. The number of carbonyl (C=O) groups is 1. The molecule has 26 heavy (non-hydrogen) atoms. The number of halogens is 1. The van der Waals surface area contributed by atoms with Crippen LogP contribution in [0.5, 0.6) is 11.5 Å². The zero-order chi connectivity index (χ0) is 18.9. The smallest absolute Gasteiger partial charge is 0.243 e. The van der Waals surface area contributed by atoms with Crippen LogP contribution in [0, 0.1) is 0 Å². The summed E-state index contributed by atoms with van der Waals surface area (Å²) in [4.78, 5) is 16.3. The highest BCUT2D eigenvalue weighted by molar-refractivity contribution is 7.14. The fraction of sp³-hybridized carbons (Fsp3) is 0.474. The van der Waals surface area contributed by atoms with Crippen LogP contribution in [-0.4, -0.2) is 28.5 Å². The number of alkyl halides is 1. The lowest BCUT2D eigenvalue weighted by molar-refractivity contribution is -0.115. The molecule has 1 aromatic carbocycles. The van der Waals surface area contributed by atoms with Gasteiger partial charge in [0.1, 0.15) is 11.0 Å². The van der Waals surface area contributed by atoms with Crippen LogP contribution in [0.3, 0.4) is 0 Å². The topological polar surface area (TPSA) is 60.5 Å². The molecule has 1 aliphatic heterocycles. The molecule has 0 saturated carbocycles. The van der Waals surface area contributed by atoms with Crippen LogP contribution in [0.15, 0.2) is 17.5 Å². The van der Waals surface area contributed by atoms with E-state index in [1.54, 1.807) is 6.92 Å². The first-order valence-electron chi connectivity index (χ1n) is 8.68. The molecule has 1 N–H and O–H groups in total. The molecule has 5 nitrogen and oxygen atoms in total. The monoisotopic (exact) mass is 394 g/mol. The number of hydrogen-bond acceptors (Lipinski definition) is 5. The van der Waals surface area contributed by atoms with Gasteiger partial charge in [-0.25, -0.2) is 4.98 Å². The van der Waals surface area contributed by atoms with E-state index in [9.17, 15) is 4.79 Å². The Kier molecular flexibility index (Phi) is 5.44. The van der Waals surface area contributed by atoms with Crippen LogP contribution in [0.25, 0.3) is 11.3 Å². The van der Waals surface area contributed by atoms with Crippen LogP contribution in [-0.2, 0) is 11.2 Å². The fourth-order valence-electron chi connectivity index (χ4n) is 2.81. The average molecular weight is 395 g/mol. The van der Waals surface area contributed by atoms with E-state index in [4.69, 9.17) is 21.1 Å². The highest BCUT2D eigenvalue weighted by atomic mass is 35.5. The summed E-state index contributed by atoms with van der Waals surface area (Å²) in [7, 11) is 0. The number of nitrogens with one attached hydrogen (secondary N) is 1. The second-order valence-corrected chi connectivity index (χ2v) is 8.51. The predicted octanol–water partition coefficient (Wildman–Crippen LogP) is 4.88. The summed E-state index contributed by atoms with van der Waals surface area (Å²) in [5.41, 5.74) is 2.61. The molecule has 1 aliphatic rings. The minimum Gasteiger partial charge on any atom is -0.490 e. The van der Waals surface area contributed by atoms with Crippen LogP contribution in [0.4, 0.5) is 5.13 Å². The summed E-state index contributed by atoms with van der Waals surface area (Å²) in [5, 5.41) is 4.58. The second kappa shape index (κ2) is 7.45. The lowest BCUT2D eigenvalue weighted by Gasteiger charge is -2.18. The molecule has 140 valence electrons. The van der Waals surface area contributed by atoms with Crippen molar-refractivity contribution in [3.05, 3.63) is 23.1 Å². The lowest BCUT2D eigenvalue weighted by Crippen LogP contribution is -2.24. The van der Waals surface area contributed by atoms with Crippen molar-refractivity contribution < 1.29 is 14.3 Å². The summed E-state index contributed by atoms with van der Waals surface area (Å²) in [6.45, 7) is 8.47. The number of thiazole rings is 1. The van der Waals surface area contributed by atoms with Gasteiger partial charge in [0, 0.05) is 22.9 Å². The molecular formula is C19H23ClN2O3S. The van der Waals surface area contributed by atoms with E-state index in [0.717, 1.165) is 41.2 Å². The highest BCUT2D eigenvalue weighted by Gasteiger charge is 2.33. The predicted molar refractivity (Wildman–Crippen MR) is 106 cm³/mol. The number of nitrogens with zero attached hydrogens (tertiary/aromatic N) is 1. The second-order valence-electron chi connectivity index (χ2n) is 6.99. The Morgan fingerprint density at radius 2 is 2.27 bits per heavy atom. The van der Waals surface area contributed by atoms with E-state index < -0.39 is 5.38 Å². The van der Waals surface area contributed by atoms with Crippen molar-refractivity contribution in [2.75, 3.05) is 11.9 Å². The Morgan fingerprint density at radius 1 is 1.50 bits per heavy atom. The quantitative estimate of drug-likeness (QED) is 0.709. The normalized spacial score (nSPS) is 15.9. The van der Waals surface area contributed by atoms with E-state index in [2.05, 4.69) is 37.1 Å². The van der Waals surface area contributed by atoms with Gasteiger partial charge in [-0.05, 0) is 39.3 Å². The molecule has 0 bridgehead atoms. The van der Waals surface area contributed by atoms with E-state index in [0.29, 0.717) is 11.7 Å². The standard InChI is InChI=1S/C19H23ClN2O3S/c1-5-6-24-15-8-12(7-13-9-19(3,4)25-16(13)15)14-10-26-18(21-14)22-17(23)11(2)20/h7-8,10-11H,5-6,9H2,1-4H3,(H,21,22,23). The summed E-state index contributed by atoms with van der Waals surface area (Å²) in [6.07, 6.45) is 1.74. The number of carbonyl (C=O) groups excluding carboxylic acids is 1. The van der Waals surface area contributed by atoms with Crippen molar-refractivity contribution >= 4 is 34.0 Å². The fourth-order valence-corrected chi connectivity index (χ4v) is 3.59. The summed E-state index contributed by atoms with van der Waals surface area (Å²) < 4.78 is 12.0. The van der Waals surface area contributed by atoms with Crippen LogP contribution in [0.1, 0.15) is 39.7 Å². The number of hydrogen-bond donors (Lipinski definition) is 1. The van der Waals surface area contributed by atoms with Gasteiger partial charge >= 0.3 is 0 Å². The summed E-state index contributed by atoms with van der Waals surface area (Å²) >= 11 is 7.17. The number of anilines is 1. The number of ether oxygens (including phenoxy) is 2. The van der Waals surface area contributed by atoms with Crippen LogP contribution >= 0.6 is 22.9 Å². The lowest BCUT2D eigenvalue weighted by atomic mass is 9.99. The maximum atomic E-state index is 11.7. The van der Waals surface area contributed by atoms with E-state index in [-0.39, 0.29) is 11.5 Å². The van der Waals surface area contributed by atoms with Gasteiger partial charge in [0.15, 0.2) is 16.6 Å². The molecular weight excluding hydrogens is 372 g/mol. The van der Waals surface area contributed by atoms with Crippen LogP contribution < -0.4 is 14.8 Å². The number of amides is 1. The van der Waals surface area contributed by atoms with Gasteiger partial charge in [-0.15, -0.1) is 22.9 Å². The van der Waals surface area contributed by atoms with Crippen molar-refractivity contribution in [2.24, 2.45) is 0 Å². The van der Waals surface area contributed by atoms with E-state index in [1.807, 2.05) is 11.4 Å². The van der Waals surface area contributed by atoms with Crippen LogP contribution in [0.2, 0.25) is 0 Å². The molecule has 1 amide bonds. The maximum absolute atomic E-state index is 11.7. The Morgan fingerprint density at radius 3 is 2.96 bits per heavy atom. The van der Waals surface area contributed by atoms with Crippen molar-refractivity contribution in [1.82, 2.24) is 4.98 Å². The van der Waals surface area contributed by atoms with Crippen molar-refractivity contribution in [3.63, 3.8) is 0 Å². The van der Waals surface area contributed by atoms with Gasteiger partial charge in [-0.3, -0.25) is 4.79 Å².